The third kappa shape index (κ3) is 4.02. The van der Waals surface area contributed by atoms with Crippen molar-refractivity contribution in [1.82, 2.24) is 4.98 Å². The van der Waals surface area contributed by atoms with Crippen molar-refractivity contribution in [3.05, 3.63) is 102 Å². The Balaban J connectivity index is 1.66. The number of amides is 1. The van der Waals surface area contributed by atoms with Crippen LogP contribution in [0.1, 0.15) is 11.1 Å². The van der Waals surface area contributed by atoms with E-state index in [4.69, 9.17) is 0 Å². The predicted molar refractivity (Wildman–Crippen MR) is 111 cm³/mol. The lowest BCUT2D eigenvalue weighted by Crippen LogP contribution is -2.30. The fraction of sp³-hybridized carbons (Fsp3) is 0.0455. The van der Waals surface area contributed by atoms with Gasteiger partial charge in [-0.25, -0.2) is 9.38 Å². The summed E-state index contributed by atoms with van der Waals surface area (Å²) in [5.41, 5.74) is 2.86. The van der Waals surface area contributed by atoms with Crippen LogP contribution in [0, 0.1) is 5.82 Å². The molecule has 0 saturated carbocycles. The van der Waals surface area contributed by atoms with Crippen molar-refractivity contribution in [2.75, 3.05) is 4.90 Å². The Morgan fingerprint density at radius 3 is 2.50 bits per heavy atom. The number of hydrogen-bond acceptors (Lipinski definition) is 4. The van der Waals surface area contributed by atoms with Crippen molar-refractivity contribution in [3.8, 4) is 0 Å². The van der Waals surface area contributed by atoms with Crippen LogP contribution in [0.5, 0.6) is 0 Å². The van der Waals surface area contributed by atoms with E-state index < -0.39 is 0 Å². The number of halogens is 1. The molecular weight excluding hydrogens is 373 g/mol. The third-order valence-corrected chi connectivity index (χ3v) is 5.12. The Kier molecular flexibility index (Phi) is 5.30. The highest BCUT2D eigenvalue weighted by Crippen LogP contribution is 2.30. The van der Waals surface area contributed by atoms with E-state index >= 15 is 0 Å². The third-order valence-electron chi connectivity index (χ3n) is 4.11. The largest absolute Gasteiger partial charge is 0.283 e. The van der Waals surface area contributed by atoms with Gasteiger partial charge in [0.05, 0.1) is 5.69 Å². The van der Waals surface area contributed by atoms with E-state index in [1.807, 2.05) is 42.5 Å². The van der Waals surface area contributed by atoms with Gasteiger partial charge < -0.3 is 0 Å². The summed E-state index contributed by atoms with van der Waals surface area (Å²) < 4.78 is 13.3. The molecule has 4 nitrogen and oxygen atoms in total. The number of carbonyl (C=O) groups excluding carboxylic acids is 1. The fourth-order valence-electron chi connectivity index (χ4n) is 2.75. The summed E-state index contributed by atoms with van der Waals surface area (Å²) in [6, 6.07) is 19.2. The molecule has 2 heterocycles. The molecule has 1 aromatic heterocycles. The van der Waals surface area contributed by atoms with Gasteiger partial charge in [0.15, 0.2) is 5.17 Å². The quantitative estimate of drug-likeness (QED) is 0.597. The standard InChI is InChI=1S/C22H16FN3OS/c23-18-8-10-19(11-9-18)26-21(27)20(13-16-5-2-1-3-6-16)25-22(26)28-15-17-7-4-12-24-14-17/h1-14H,15H2/b20-13-. The first-order valence-corrected chi connectivity index (χ1v) is 9.66. The molecule has 28 heavy (non-hydrogen) atoms. The van der Waals surface area contributed by atoms with Gasteiger partial charge in [-0.2, -0.15) is 0 Å². The number of amidine groups is 1. The second-order valence-corrected chi connectivity index (χ2v) is 7.04. The number of rotatable bonds is 4. The van der Waals surface area contributed by atoms with Crippen molar-refractivity contribution in [2.24, 2.45) is 4.99 Å². The molecular formula is C22H16FN3OS. The maximum atomic E-state index is 13.3. The van der Waals surface area contributed by atoms with Crippen LogP contribution in [-0.2, 0) is 10.5 Å². The van der Waals surface area contributed by atoms with E-state index in [9.17, 15) is 9.18 Å². The van der Waals surface area contributed by atoms with E-state index in [0.717, 1.165) is 11.1 Å². The highest BCUT2D eigenvalue weighted by Gasteiger charge is 2.32. The van der Waals surface area contributed by atoms with Crippen molar-refractivity contribution in [2.45, 2.75) is 5.75 Å². The number of benzene rings is 2. The average molecular weight is 389 g/mol. The van der Waals surface area contributed by atoms with Gasteiger partial charge in [0, 0.05) is 18.1 Å². The number of pyridine rings is 1. The van der Waals surface area contributed by atoms with Crippen molar-refractivity contribution >= 4 is 34.6 Å². The number of aliphatic imine (C=N–C) groups is 1. The first-order valence-electron chi connectivity index (χ1n) is 8.68. The van der Waals surface area contributed by atoms with Gasteiger partial charge in [-0.15, -0.1) is 0 Å². The number of aromatic nitrogens is 1. The minimum atomic E-state index is -0.350. The van der Waals surface area contributed by atoms with Crippen molar-refractivity contribution in [1.29, 1.82) is 0 Å². The highest BCUT2D eigenvalue weighted by molar-refractivity contribution is 8.13. The van der Waals surface area contributed by atoms with Crippen LogP contribution < -0.4 is 4.90 Å². The monoisotopic (exact) mass is 389 g/mol. The van der Waals surface area contributed by atoms with Crippen molar-refractivity contribution in [3.63, 3.8) is 0 Å². The van der Waals surface area contributed by atoms with E-state index in [1.54, 1.807) is 30.6 Å². The second kappa shape index (κ2) is 8.19. The minimum Gasteiger partial charge on any atom is -0.266 e. The van der Waals surface area contributed by atoms with Crippen LogP contribution >= 0.6 is 11.8 Å². The molecule has 0 spiro atoms. The summed E-state index contributed by atoms with van der Waals surface area (Å²) in [6.45, 7) is 0. The van der Waals surface area contributed by atoms with E-state index in [-0.39, 0.29) is 11.7 Å². The molecule has 138 valence electrons. The number of carbonyl (C=O) groups is 1. The lowest BCUT2D eigenvalue weighted by Gasteiger charge is -2.17. The summed E-state index contributed by atoms with van der Waals surface area (Å²) in [7, 11) is 0. The molecule has 0 radical (unpaired) electrons. The molecule has 0 atom stereocenters. The van der Waals surface area contributed by atoms with Gasteiger partial charge in [-0.05, 0) is 47.5 Å². The zero-order valence-corrected chi connectivity index (χ0v) is 15.6. The van der Waals surface area contributed by atoms with Crippen LogP contribution in [0.2, 0.25) is 0 Å². The Labute approximate surface area is 166 Å². The topological polar surface area (TPSA) is 45.6 Å². The maximum Gasteiger partial charge on any atom is 0.283 e. The van der Waals surface area contributed by atoms with Crippen LogP contribution in [0.3, 0.4) is 0 Å². The molecule has 0 aliphatic carbocycles. The van der Waals surface area contributed by atoms with Gasteiger partial charge in [0.1, 0.15) is 11.5 Å². The molecule has 0 unspecified atom stereocenters. The maximum absolute atomic E-state index is 13.3. The van der Waals surface area contributed by atoms with E-state index in [0.29, 0.717) is 22.3 Å². The Morgan fingerprint density at radius 1 is 1.00 bits per heavy atom. The van der Waals surface area contributed by atoms with Gasteiger partial charge in [0.2, 0.25) is 0 Å². The number of anilines is 1. The van der Waals surface area contributed by atoms with Crippen LogP contribution in [0.4, 0.5) is 10.1 Å². The molecule has 0 fully saturated rings. The van der Waals surface area contributed by atoms with E-state index in [1.165, 1.54) is 28.8 Å². The summed E-state index contributed by atoms with van der Waals surface area (Å²) in [4.78, 5) is 23.2. The summed E-state index contributed by atoms with van der Waals surface area (Å²) in [5.74, 6) is 0.0390. The smallest absolute Gasteiger partial charge is 0.266 e. The normalized spacial score (nSPS) is 15.2. The Bertz CT molecular complexity index is 1030. The SMILES string of the molecule is O=C1/C(=C/c2ccccc2)N=C(SCc2cccnc2)N1c1ccc(F)cc1. The van der Waals surface area contributed by atoms with Crippen LogP contribution in [-0.4, -0.2) is 16.1 Å². The number of nitrogens with zero attached hydrogens (tertiary/aromatic N) is 3. The molecule has 4 rings (SSSR count). The summed E-state index contributed by atoms with van der Waals surface area (Å²) >= 11 is 1.44. The lowest BCUT2D eigenvalue weighted by atomic mass is 10.2. The zero-order chi connectivity index (χ0) is 19.3. The molecule has 2 aromatic carbocycles. The highest BCUT2D eigenvalue weighted by atomic mass is 32.2. The first kappa shape index (κ1) is 18.1. The van der Waals surface area contributed by atoms with Gasteiger partial charge >= 0.3 is 0 Å². The molecule has 1 aliphatic heterocycles. The summed E-state index contributed by atoms with van der Waals surface area (Å²) in [6.07, 6.45) is 5.26. The average Bonchev–Trinajstić information content (AvgIpc) is 3.04. The number of hydrogen-bond donors (Lipinski definition) is 0. The second-order valence-electron chi connectivity index (χ2n) is 6.10. The van der Waals surface area contributed by atoms with Crippen LogP contribution in [0.25, 0.3) is 6.08 Å². The Hall–Kier alpha value is -3.25. The molecule has 6 heteroatoms. The molecule has 0 bridgehead atoms. The first-order chi connectivity index (χ1) is 13.7. The number of thioether (sulfide) groups is 1. The molecule has 1 aliphatic rings. The van der Waals surface area contributed by atoms with E-state index in [2.05, 4.69) is 9.98 Å². The minimum absolute atomic E-state index is 0.232. The van der Waals surface area contributed by atoms with Gasteiger partial charge in [0.25, 0.3) is 5.91 Å². The fourth-order valence-corrected chi connectivity index (χ4v) is 3.70. The Morgan fingerprint density at radius 2 is 1.79 bits per heavy atom. The summed E-state index contributed by atoms with van der Waals surface area (Å²) in [5, 5.41) is 0.558. The molecule has 0 N–H and O–H groups in total. The lowest BCUT2D eigenvalue weighted by molar-refractivity contribution is -0.113. The van der Waals surface area contributed by atoms with Gasteiger partial charge in [-0.3, -0.25) is 14.7 Å². The van der Waals surface area contributed by atoms with Gasteiger partial charge in [-0.1, -0.05) is 48.2 Å². The predicted octanol–water partition coefficient (Wildman–Crippen LogP) is 4.90. The molecule has 3 aromatic rings. The molecule has 1 amide bonds. The van der Waals surface area contributed by atoms with Crippen LogP contribution in [0.15, 0.2) is 89.8 Å². The van der Waals surface area contributed by atoms with Crippen molar-refractivity contribution < 1.29 is 9.18 Å². The zero-order valence-electron chi connectivity index (χ0n) is 14.8. The molecule has 0 saturated heterocycles.